The number of ether oxygens (including phenoxy) is 1. The number of aliphatic hydroxyl groups is 1. The molecule has 3 heterocycles. The van der Waals surface area contributed by atoms with Crippen LogP contribution in [-0.4, -0.2) is 90.9 Å². The molecule has 132 valence electrons. The van der Waals surface area contributed by atoms with Gasteiger partial charge in [-0.25, -0.2) is 4.98 Å². The van der Waals surface area contributed by atoms with Crippen molar-refractivity contribution in [3.63, 3.8) is 0 Å². The minimum atomic E-state index is -0.329. The third kappa shape index (κ3) is 4.23. The zero-order chi connectivity index (χ0) is 16.9. The average Bonchev–Trinajstić information content (AvgIpc) is 2.62. The third-order valence-corrected chi connectivity index (χ3v) is 4.51. The minimum absolute atomic E-state index is 0.0349. The maximum Gasteiger partial charge on any atom is 0.255 e. The molecule has 1 aromatic heterocycles. The molecule has 0 bridgehead atoms. The van der Waals surface area contributed by atoms with Crippen LogP contribution in [0.3, 0.4) is 0 Å². The van der Waals surface area contributed by atoms with Crippen LogP contribution < -0.4 is 4.90 Å². The summed E-state index contributed by atoms with van der Waals surface area (Å²) < 4.78 is 5.35. The molecule has 7 heteroatoms. The first kappa shape index (κ1) is 17.1. The fourth-order valence-electron chi connectivity index (χ4n) is 3.18. The number of nitrogens with zero attached hydrogens (tertiary/aromatic N) is 4. The van der Waals surface area contributed by atoms with Gasteiger partial charge in [0, 0.05) is 52.0 Å². The predicted octanol–water partition coefficient (Wildman–Crippen LogP) is 0.0568. The number of carbonyl (C=O) groups excluding carboxylic acids is 1. The molecule has 1 atom stereocenters. The molecular formula is C17H26N4O3. The van der Waals surface area contributed by atoms with Gasteiger partial charge < -0.3 is 19.6 Å². The molecule has 2 aliphatic heterocycles. The van der Waals surface area contributed by atoms with Crippen LogP contribution in [0, 0.1) is 0 Å². The van der Waals surface area contributed by atoms with Gasteiger partial charge in [0.05, 0.1) is 24.9 Å². The summed E-state index contributed by atoms with van der Waals surface area (Å²) in [6.45, 7) is 8.56. The van der Waals surface area contributed by atoms with Gasteiger partial charge in [0.25, 0.3) is 5.91 Å². The van der Waals surface area contributed by atoms with E-state index in [-0.39, 0.29) is 12.0 Å². The van der Waals surface area contributed by atoms with Crippen LogP contribution in [0.2, 0.25) is 0 Å². The Kier molecular flexibility index (Phi) is 5.65. The number of anilines is 1. The zero-order valence-electron chi connectivity index (χ0n) is 14.2. The number of amides is 1. The molecular weight excluding hydrogens is 308 g/mol. The maximum atomic E-state index is 12.6. The number of pyridine rings is 1. The van der Waals surface area contributed by atoms with Crippen molar-refractivity contribution in [2.24, 2.45) is 0 Å². The van der Waals surface area contributed by atoms with Gasteiger partial charge >= 0.3 is 0 Å². The van der Waals surface area contributed by atoms with E-state index in [1.54, 1.807) is 13.1 Å². The summed E-state index contributed by atoms with van der Waals surface area (Å²) >= 11 is 0. The van der Waals surface area contributed by atoms with Gasteiger partial charge in [-0.1, -0.05) is 0 Å². The zero-order valence-corrected chi connectivity index (χ0v) is 14.2. The Bertz CT molecular complexity index is 535. The second kappa shape index (κ2) is 7.92. The molecule has 0 aromatic carbocycles. The van der Waals surface area contributed by atoms with E-state index in [0.717, 1.165) is 45.2 Å². The molecule has 0 aliphatic carbocycles. The smallest absolute Gasteiger partial charge is 0.255 e. The van der Waals surface area contributed by atoms with Gasteiger partial charge in [-0.2, -0.15) is 0 Å². The predicted molar refractivity (Wildman–Crippen MR) is 91.3 cm³/mol. The molecule has 2 aliphatic rings. The third-order valence-electron chi connectivity index (χ3n) is 4.51. The normalized spacial score (nSPS) is 20.9. The van der Waals surface area contributed by atoms with Gasteiger partial charge in [0.1, 0.15) is 5.82 Å². The van der Waals surface area contributed by atoms with Crippen LogP contribution in [0.25, 0.3) is 0 Å². The lowest BCUT2D eigenvalue weighted by Gasteiger charge is -2.35. The van der Waals surface area contributed by atoms with E-state index in [1.807, 2.05) is 17.0 Å². The summed E-state index contributed by atoms with van der Waals surface area (Å²) in [4.78, 5) is 23.3. The Hall–Kier alpha value is -1.70. The number of piperazine rings is 1. The monoisotopic (exact) mass is 334 g/mol. The molecule has 1 unspecified atom stereocenters. The van der Waals surface area contributed by atoms with Crippen molar-refractivity contribution in [3.8, 4) is 0 Å². The van der Waals surface area contributed by atoms with Gasteiger partial charge in [-0.3, -0.25) is 9.69 Å². The summed E-state index contributed by atoms with van der Waals surface area (Å²) in [5, 5.41) is 9.45. The molecule has 1 aromatic rings. The van der Waals surface area contributed by atoms with Gasteiger partial charge in [-0.05, 0) is 19.1 Å². The second-order valence-electron chi connectivity index (χ2n) is 6.45. The Morgan fingerprint density at radius 2 is 1.92 bits per heavy atom. The van der Waals surface area contributed by atoms with Crippen molar-refractivity contribution >= 4 is 11.7 Å². The fraction of sp³-hybridized carbons (Fsp3) is 0.647. The highest BCUT2D eigenvalue weighted by molar-refractivity contribution is 5.94. The highest BCUT2D eigenvalue weighted by Gasteiger charge is 2.23. The quantitative estimate of drug-likeness (QED) is 0.840. The molecule has 0 spiro atoms. The van der Waals surface area contributed by atoms with Crippen LogP contribution in [0.5, 0.6) is 0 Å². The second-order valence-corrected chi connectivity index (χ2v) is 6.45. The topological polar surface area (TPSA) is 69.1 Å². The van der Waals surface area contributed by atoms with Crippen molar-refractivity contribution in [2.45, 2.75) is 13.0 Å². The number of aromatic nitrogens is 1. The molecule has 2 fully saturated rings. The van der Waals surface area contributed by atoms with Gasteiger partial charge in [-0.15, -0.1) is 0 Å². The average molecular weight is 334 g/mol. The fourth-order valence-corrected chi connectivity index (χ4v) is 3.18. The van der Waals surface area contributed by atoms with E-state index in [0.29, 0.717) is 25.2 Å². The lowest BCUT2D eigenvalue weighted by Crippen LogP contribution is -2.50. The number of β-amino-alcohol motifs (C(OH)–C–C–N with tert-alkyl or cyclic N) is 1. The van der Waals surface area contributed by atoms with Gasteiger partial charge in [0.15, 0.2) is 0 Å². The van der Waals surface area contributed by atoms with E-state index >= 15 is 0 Å². The van der Waals surface area contributed by atoms with E-state index < -0.39 is 0 Å². The highest BCUT2D eigenvalue weighted by atomic mass is 16.5. The Labute approximate surface area is 142 Å². The standard InChI is InChI=1S/C17H26N4O3/c1-14(22)13-19-4-6-21(7-5-19)17(23)15-2-3-16(18-12-15)20-8-10-24-11-9-20/h2-3,12,14,22H,4-11,13H2,1H3. The first-order chi connectivity index (χ1) is 11.6. The lowest BCUT2D eigenvalue weighted by molar-refractivity contribution is 0.0554. The van der Waals surface area contributed by atoms with E-state index in [9.17, 15) is 9.90 Å². The van der Waals surface area contributed by atoms with Crippen LogP contribution >= 0.6 is 0 Å². The first-order valence-electron chi connectivity index (χ1n) is 8.62. The van der Waals surface area contributed by atoms with Crippen molar-refractivity contribution in [2.75, 3.05) is 63.9 Å². The molecule has 1 amide bonds. The summed E-state index contributed by atoms with van der Waals surface area (Å²) in [6.07, 6.45) is 1.35. The molecule has 0 saturated carbocycles. The number of carbonyl (C=O) groups is 1. The number of rotatable bonds is 4. The SMILES string of the molecule is CC(O)CN1CCN(C(=O)c2ccc(N3CCOCC3)nc2)CC1. The van der Waals surface area contributed by atoms with Crippen molar-refractivity contribution in [3.05, 3.63) is 23.9 Å². The number of aliphatic hydroxyl groups excluding tert-OH is 1. The summed E-state index contributed by atoms with van der Waals surface area (Å²) in [5.41, 5.74) is 0.635. The maximum absolute atomic E-state index is 12.6. The highest BCUT2D eigenvalue weighted by Crippen LogP contribution is 2.15. The number of morpholine rings is 1. The largest absolute Gasteiger partial charge is 0.392 e. The number of hydrogen-bond donors (Lipinski definition) is 1. The van der Waals surface area contributed by atoms with Gasteiger partial charge in [0.2, 0.25) is 0 Å². The van der Waals surface area contributed by atoms with Crippen LogP contribution in [0.4, 0.5) is 5.82 Å². The lowest BCUT2D eigenvalue weighted by atomic mass is 10.2. The Balaban J connectivity index is 1.55. The molecule has 2 saturated heterocycles. The van der Waals surface area contributed by atoms with Crippen molar-refractivity contribution in [1.82, 2.24) is 14.8 Å². The summed E-state index contributed by atoms with van der Waals surface area (Å²) in [7, 11) is 0. The van der Waals surface area contributed by atoms with Crippen molar-refractivity contribution in [1.29, 1.82) is 0 Å². The molecule has 0 radical (unpaired) electrons. The number of hydrogen-bond acceptors (Lipinski definition) is 6. The van der Waals surface area contributed by atoms with Crippen LogP contribution in [-0.2, 0) is 4.74 Å². The summed E-state index contributed by atoms with van der Waals surface area (Å²) in [5.74, 6) is 0.935. The molecule has 7 nitrogen and oxygen atoms in total. The molecule has 1 N–H and O–H groups in total. The minimum Gasteiger partial charge on any atom is -0.392 e. The van der Waals surface area contributed by atoms with E-state index in [2.05, 4.69) is 14.8 Å². The van der Waals surface area contributed by atoms with Crippen LogP contribution in [0.15, 0.2) is 18.3 Å². The van der Waals surface area contributed by atoms with Crippen LogP contribution in [0.1, 0.15) is 17.3 Å². The van der Waals surface area contributed by atoms with E-state index in [1.165, 1.54) is 0 Å². The Morgan fingerprint density at radius 1 is 1.21 bits per heavy atom. The Morgan fingerprint density at radius 3 is 2.50 bits per heavy atom. The first-order valence-corrected chi connectivity index (χ1v) is 8.62. The van der Waals surface area contributed by atoms with Crippen molar-refractivity contribution < 1.29 is 14.6 Å². The van der Waals surface area contributed by atoms with E-state index in [4.69, 9.17) is 4.74 Å². The summed E-state index contributed by atoms with van der Waals surface area (Å²) in [6, 6.07) is 3.78. The molecule has 24 heavy (non-hydrogen) atoms. The molecule has 3 rings (SSSR count).